The second-order valence-corrected chi connectivity index (χ2v) is 3.92. The SMILES string of the molecule is CCC(c1nc(N(C)C)no1)C(C)NC. The van der Waals surface area contributed by atoms with Gasteiger partial charge in [-0.05, 0) is 25.5 Å². The molecule has 0 spiro atoms. The van der Waals surface area contributed by atoms with Crippen molar-refractivity contribution in [2.45, 2.75) is 32.2 Å². The van der Waals surface area contributed by atoms with Crippen molar-refractivity contribution in [2.24, 2.45) is 0 Å². The number of nitrogens with one attached hydrogen (secondary N) is 1. The molecular formula is C10H20N4O. The quantitative estimate of drug-likeness (QED) is 0.795. The Labute approximate surface area is 90.8 Å². The van der Waals surface area contributed by atoms with Crippen LogP contribution in [0, 0.1) is 0 Å². The Morgan fingerprint density at radius 1 is 1.47 bits per heavy atom. The maximum absolute atomic E-state index is 5.26. The smallest absolute Gasteiger partial charge is 0.265 e. The second kappa shape index (κ2) is 5.11. The molecule has 0 aliphatic heterocycles. The minimum Gasteiger partial charge on any atom is -0.344 e. The van der Waals surface area contributed by atoms with Gasteiger partial charge in [0.1, 0.15) is 0 Å². The van der Waals surface area contributed by atoms with Crippen LogP contribution in [0.1, 0.15) is 32.1 Å². The van der Waals surface area contributed by atoms with Crippen molar-refractivity contribution < 1.29 is 4.52 Å². The Bertz CT molecular complexity index is 297. The highest BCUT2D eigenvalue weighted by molar-refractivity contribution is 5.24. The van der Waals surface area contributed by atoms with Gasteiger partial charge in [0, 0.05) is 20.1 Å². The Morgan fingerprint density at radius 3 is 2.53 bits per heavy atom. The molecule has 0 saturated heterocycles. The molecule has 0 aromatic carbocycles. The van der Waals surface area contributed by atoms with Gasteiger partial charge in [0.15, 0.2) is 0 Å². The third-order valence-corrected chi connectivity index (χ3v) is 2.65. The van der Waals surface area contributed by atoms with Crippen LogP contribution in [-0.4, -0.2) is 37.3 Å². The van der Waals surface area contributed by atoms with Gasteiger partial charge in [-0.15, -0.1) is 0 Å². The fourth-order valence-corrected chi connectivity index (χ4v) is 1.50. The van der Waals surface area contributed by atoms with E-state index in [0.29, 0.717) is 17.9 Å². The Hall–Kier alpha value is -1.10. The summed E-state index contributed by atoms with van der Waals surface area (Å²) in [4.78, 5) is 6.20. The summed E-state index contributed by atoms with van der Waals surface area (Å²) in [6.45, 7) is 4.24. The maximum Gasteiger partial charge on any atom is 0.265 e. The summed E-state index contributed by atoms with van der Waals surface area (Å²) >= 11 is 0. The first kappa shape index (κ1) is 12.0. The molecule has 0 radical (unpaired) electrons. The van der Waals surface area contributed by atoms with Gasteiger partial charge in [0.25, 0.3) is 5.95 Å². The predicted octanol–water partition coefficient (Wildman–Crippen LogP) is 1.24. The van der Waals surface area contributed by atoms with Crippen molar-refractivity contribution in [1.29, 1.82) is 0 Å². The molecule has 0 fully saturated rings. The molecule has 5 nitrogen and oxygen atoms in total. The van der Waals surface area contributed by atoms with Gasteiger partial charge in [-0.2, -0.15) is 4.98 Å². The summed E-state index contributed by atoms with van der Waals surface area (Å²) in [5.41, 5.74) is 0. The first-order chi connectivity index (χ1) is 7.10. The molecule has 1 rings (SSSR count). The molecule has 1 aromatic heterocycles. The van der Waals surface area contributed by atoms with E-state index in [-0.39, 0.29) is 5.92 Å². The highest BCUT2D eigenvalue weighted by atomic mass is 16.5. The first-order valence-corrected chi connectivity index (χ1v) is 5.28. The van der Waals surface area contributed by atoms with Gasteiger partial charge >= 0.3 is 0 Å². The van der Waals surface area contributed by atoms with Crippen LogP contribution in [-0.2, 0) is 0 Å². The van der Waals surface area contributed by atoms with E-state index in [1.165, 1.54) is 0 Å². The van der Waals surface area contributed by atoms with Crippen molar-refractivity contribution in [3.8, 4) is 0 Å². The van der Waals surface area contributed by atoms with Crippen molar-refractivity contribution in [1.82, 2.24) is 15.5 Å². The molecule has 15 heavy (non-hydrogen) atoms. The molecule has 0 bridgehead atoms. The molecule has 1 heterocycles. The zero-order chi connectivity index (χ0) is 11.4. The fraction of sp³-hybridized carbons (Fsp3) is 0.800. The molecule has 1 aromatic rings. The average Bonchev–Trinajstić information content (AvgIpc) is 2.68. The zero-order valence-electron chi connectivity index (χ0n) is 10.1. The molecule has 0 saturated carbocycles. The summed E-state index contributed by atoms with van der Waals surface area (Å²) in [5, 5.41) is 7.12. The minimum absolute atomic E-state index is 0.274. The summed E-state index contributed by atoms with van der Waals surface area (Å²) in [6.07, 6.45) is 0.983. The Balaban J connectivity index is 2.83. The average molecular weight is 212 g/mol. The summed E-state index contributed by atoms with van der Waals surface area (Å²) in [7, 11) is 5.74. The number of nitrogens with zero attached hydrogens (tertiary/aromatic N) is 3. The molecule has 86 valence electrons. The van der Waals surface area contributed by atoms with Gasteiger partial charge in [0.05, 0.1) is 5.92 Å². The van der Waals surface area contributed by atoms with E-state index in [9.17, 15) is 0 Å². The Morgan fingerprint density at radius 2 is 2.13 bits per heavy atom. The molecule has 2 unspecified atom stereocenters. The largest absolute Gasteiger partial charge is 0.344 e. The van der Waals surface area contributed by atoms with Crippen LogP contribution in [0.15, 0.2) is 4.52 Å². The molecular weight excluding hydrogens is 192 g/mol. The van der Waals surface area contributed by atoms with Crippen LogP contribution in [0.3, 0.4) is 0 Å². The molecule has 1 N–H and O–H groups in total. The van der Waals surface area contributed by atoms with Crippen molar-refractivity contribution in [3.05, 3.63) is 5.89 Å². The van der Waals surface area contributed by atoms with Gasteiger partial charge in [-0.3, -0.25) is 0 Å². The van der Waals surface area contributed by atoms with E-state index in [1.807, 2.05) is 26.0 Å². The van der Waals surface area contributed by atoms with E-state index in [2.05, 4.69) is 29.3 Å². The molecule has 0 aliphatic carbocycles. The van der Waals surface area contributed by atoms with Crippen molar-refractivity contribution in [2.75, 3.05) is 26.0 Å². The van der Waals surface area contributed by atoms with Crippen LogP contribution in [0.5, 0.6) is 0 Å². The van der Waals surface area contributed by atoms with E-state index in [0.717, 1.165) is 6.42 Å². The van der Waals surface area contributed by atoms with Crippen LogP contribution in [0.4, 0.5) is 5.95 Å². The number of anilines is 1. The molecule has 2 atom stereocenters. The highest BCUT2D eigenvalue weighted by Gasteiger charge is 2.22. The zero-order valence-corrected chi connectivity index (χ0v) is 10.1. The topological polar surface area (TPSA) is 54.2 Å². The monoisotopic (exact) mass is 212 g/mol. The lowest BCUT2D eigenvalue weighted by Crippen LogP contribution is -2.28. The lowest BCUT2D eigenvalue weighted by molar-refractivity contribution is 0.322. The van der Waals surface area contributed by atoms with E-state index in [4.69, 9.17) is 4.52 Å². The molecule has 0 aliphatic rings. The first-order valence-electron chi connectivity index (χ1n) is 5.28. The maximum atomic E-state index is 5.26. The lowest BCUT2D eigenvalue weighted by atomic mass is 9.98. The van der Waals surface area contributed by atoms with Crippen molar-refractivity contribution in [3.63, 3.8) is 0 Å². The van der Waals surface area contributed by atoms with Gasteiger partial charge in [0.2, 0.25) is 5.89 Å². The fourth-order valence-electron chi connectivity index (χ4n) is 1.50. The number of rotatable bonds is 5. The Kier molecular flexibility index (Phi) is 4.08. The van der Waals surface area contributed by atoms with Gasteiger partial charge < -0.3 is 14.7 Å². The molecule has 5 heteroatoms. The summed E-state index contributed by atoms with van der Waals surface area (Å²) < 4.78 is 5.26. The second-order valence-electron chi connectivity index (χ2n) is 3.92. The lowest BCUT2D eigenvalue weighted by Gasteiger charge is -2.17. The number of hydrogen-bond acceptors (Lipinski definition) is 5. The van der Waals surface area contributed by atoms with Crippen LogP contribution in [0.2, 0.25) is 0 Å². The summed E-state index contributed by atoms with van der Waals surface area (Å²) in [6, 6.07) is 0.338. The predicted molar refractivity (Wildman–Crippen MR) is 60.2 cm³/mol. The van der Waals surface area contributed by atoms with E-state index in [1.54, 1.807) is 0 Å². The standard InChI is InChI=1S/C10H20N4O/c1-6-8(7(2)11-3)9-12-10(13-15-9)14(4)5/h7-8,11H,6H2,1-5H3. The number of aromatic nitrogens is 2. The number of likely N-dealkylation sites (N-methyl/N-ethyl adjacent to an activating group) is 1. The highest BCUT2D eigenvalue weighted by Crippen LogP contribution is 2.22. The van der Waals surface area contributed by atoms with Gasteiger partial charge in [-0.25, -0.2) is 0 Å². The van der Waals surface area contributed by atoms with Gasteiger partial charge in [-0.1, -0.05) is 6.92 Å². The minimum atomic E-state index is 0.274. The van der Waals surface area contributed by atoms with E-state index >= 15 is 0 Å². The normalized spacial score (nSPS) is 15.0. The molecule has 0 amide bonds. The third kappa shape index (κ3) is 2.68. The van der Waals surface area contributed by atoms with Crippen molar-refractivity contribution >= 4 is 5.95 Å². The summed E-state index contributed by atoms with van der Waals surface area (Å²) in [5.74, 6) is 1.62. The van der Waals surface area contributed by atoms with Crippen LogP contribution in [0.25, 0.3) is 0 Å². The van der Waals surface area contributed by atoms with Crippen LogP contribution < -0.4 is 10.2 Å². The third-order valence-electron chi connectivity index (χ3n) is 2.65. The van der Waals surface area contributed by atoms with E-state index < -0.39 is 0 Å². The number of hydrogen-bond donors (Lipinski definition) is 1. The van der Waals surface area contributed by atoms with Crippen LogP contribution >= 0.6 is 0 Å².